The number of halogens is 3. The van der Waals surface area contributed by atoms with Crippen LogP contribution in [0.5, 0.6) is 0 Å². The Morgan fingerprint density at radius 2 is 2.05 bits per heavy atom. The van der Waals surface area contributed by atoms with Crippen molar-refractivity contribution < 1.29 is 18.0 Å². The van der Waals surface area contributed by atoms with Crippen LogP contribution in [0, 0.1) is 17.5 Å². The molecule has 22 heavy (non-hydrogen) atoms. The lowest BCUT2D eigenvalue weighted by Crippen LogP contribution is -2.43. The first kappa shape index (κ1) is 16.6. The third-order valence-electron chi connectivity index (χ3n) is 4.11. The van der Waals surface area contributed by atoms with Gasteiger partial charge in [-0.15, -0.1) is 0 Å². The van der Waals surface area contributed by atoms with Gasteiger partial charge in [-0.1, -0.05) is 6.92 Å². The molecule has 1 unspecified atom stereocenters. The first-order valence-corrected chi connectivity index (χ1v) is 7.71. The van der Waals surface area contributed by atoms with Crippen molar-refractivity contribution in [3.63, 3.8) is 0 Å². The molecule has 1 aromatic carbocycles. The van der Waals surface area contributed by atoms with E-state index in [-0.39, 0.29) is 30.6 Å². The van der Waals surface area contributed by atoms with Crippen molar-refractivity contribution in [3.8, 4) is 0 Å². The van der Waals surface area contributed by atoms with Crippen LogP contribution in [0.1, 0.15) is 39.0 Å². The van der Waals surface area contributed by atoms with E-state index in [0.717, 1.165) is 44.4 Å². The van der Waals surface area contributed by atoms with Gasteiger partial charge >= 0.3 is 0 Å². The van der Waals surface area contributed by atoms with Crippen LogP contribution in [0.2, 0.25) is 0 Å². The molecule has 0 spiro atoms. The minimum absolute atomic E-state index is 0.0158. The summed E-state index contributed by atoms with van der Waals surface area (Å²) < 4.78 is 39.4. The normalized spacial score (nSPS) is 18.4. The standard InChI is InChI=1S/C16H21F3N2O/c1-2-11-5-3-4-10-21(11)14(22)8-9-20-13-7-6-12(17)15(18)16(13)19/h6-7,11,20H,2-5,8-10H2,1H3. The summed E-state index contributed by atoms with van der Waals surface area (Å²) in [6.45, 7) is 3.01. The molecule has 1 aliphatic heterocycles. The van der Waals surface area contributed by atoms with E-state index in [4.69, 9.17) is 0 Å². The van der Waals surface area contributed by atoms with Crippen molar-refractivity contribution in [2.75, 3.05) is 18.4 Å². The molecule has 1 heterocycles. The van der Waals surface area contributed by atoms with Crippen molar-refractivity contribution in [2.24, 2.45) is 0 Å². The number of rotatable bonds is 5. The monoisotopic (exact) mass is 314 g/mol. The van der Waals surface area contributed by atoms with Crippen LogP contribution < -0.4 is 5.32 Å². The van der Waals surface area contributed by atoms with E-state index in [1.54, 1.807) is 0 Å². The Bertz CT molecular complexity index is 536. The van der Waals surface area contributed by atoms with Crippen LogP contribution in [0.15, 0.2) is 12.1 Å². The van der Waals surface area contributed by atoms with Gasteiger partial charge in [0.1, 0.15) is 0 Å². The fraction of sp³-hybridized carbons (Fsp3) is 0.562. The predicted molar refractivity (Wildman–Crippen MR) is 79.1 cm³/mol. The maximum atomic E-state index is 13.5. The summed E-state index contributed by atoms with van der Waals surface area (Å²) >= 11 is 0. The summed E-state index contributed by atoms with van der Waals surface area (Å²) in [4.78, 5) is 14.1. The number of hydrogen-bond donors (Lipinski definition) is 1. The molecule has 0 aromatic heterocycles. The van der Waals surface area contributed by atoms with Crippen molar-refractivity contribution >= 4 is 11.6 Å². The minimum Gasteiger partial charge on any atom is -0.382 e. The first-order chi connectivity index (χ1) is 10.5. The quantitative estimate of drug-likeness (QED) is 0.841. The highest BCUT2D eigenvalue weighted by Gasteiger charge is 2.24. The molecule has 1 aliphatic rings. The maximum absolute atomic E-state index is 13.5. The Hall–Kier alpha value is -1.72. The van der Waals surface area contributed by atoms with Crippen molar-refractivity contribution in [1.82, 2.24) is 4.90 Å². The molecule has 1 amide bonds. The molecule has 1 saturated heterocycles. The van der Waals surface area contributed by atoms with Gasteiger partial charge in [-0.05, 0) is 37.8 Å². The zero-order valence-corrected chi connectivity index (χ0v) is 12.7. The summed E-state index contributed by atoms with van der Waals surface area (Å²) in [5.74, 6) is -3.96. The molecule has 1 atom stereocenters. The van der Waals surface area contributed by atoms with Gasteiger partial charge < -0.3 is 10.2 Å². The molecule has 2 rings (SSSR count). The van der Waals surface area contributed by atoms with Crippen LogP contribution in [0.3, 0.4) is 0 Å². The van der Waals surface area contributed by atoms with Crippen molar-refractivity contribution in [1.29, 1.82) is 0 Å². The fourth-order valence-corrected chi connectivity index (χ4v) is 2.86. The highest BCUT2D eigenvalue weighted by molar-refractivity contribution is 5.77. The third kappa shape index (κ3) is 3.72. The average molecular weight is 314 g/mol. The van der Waals surface area contributed by atoms with E-state index in [9.17, 15) is 18.0 Å². The number of piperidine rings is 1. The van der Waals surface area contributed by atoms with Crippen LogP contribution in [0.4, 0.5) is 18.9 Å². The fourth-order valence-electron chi connectivity index (χ4n) is 2.86. The highest BCUT2D eigenvalue weighted by Crippen LogP contribution is 2.21. The number of likely N-dealkylation sites (tertiary alicyclic amines) is 1. The van der Waals surface area contributed by atoms with E-state index in [2.05, 4.69) is 12.2 Å². The minimum atomic E-state index is -1.50. The number of hydrogen-bond acceptors (Lipinski definition) is 2. The van der Waals surface area contributed by atoms with Gasteiger partial charge in [0.25, 0.3) is 0 Å². The van der Waals surface area contributed by atoms with Gasteiger partial charge in [0.05, 0.1) is 5.69 Å². The van der Waals surface area contributed by atoms with Crippen LogP contribution in [-0.2, 0) is 4.79 Å². The number of carbonyl (C=O) groups is 1. The molecular weight excluding hydrogens is 293 g/mol. The van der Waals surface area contributed by atoms with E-state index in [0.29, 0.717) is 0 Å². The second kappa shape index (κ2) is 7.51. The van der Waals surface area contributed by atoms with E-state index in [1.807, 2.05) is 4.90 Å². The van der Waals surface area contributed by atoms with E-state index >= 15 is 0 Å². The molecule has 1 N–H and O–H groups in total. The Morgan fingerprint density at radius 3 is 2.77 bits per heavy atom. The summed E-state index contributed by atoms with van der Waals surface area (Å²) in [7, 11) is 0. The first-order valence-electron chi connectivity index (χ1n) is 7.71. The second-order valence-electron chi connectivity index (χ2n) is 5.54. The van der Waals surface area contributed by atoms with Gasteiger partial charge in [0.2, 0.25) is 5.91 Å². The second-order valence-corrected chi connectivity index (χ2v) is 5.54. The van der Waals surface area contributed by atoms with Crippen LogP contribution in [-0.4, -0.2) is 29.9 Å². The van der Waals surface area contributed by atoms with Crippen LogP contribution in [0.25, 0.3) is 0 Å². The number of carbonyl (C=O) groups excluding carboxylic acids is 1. The van der Waals surface area contributed by atoms with Gasteiger partial charge in [-0.25, -0.2) is 13.2 Å². The van der Waals surface area contributed by atoms with Crippen molar-refractivity contribution in [3.05, 3.63) is 29.6 Å². The largest absolute Gasteiger partial charge is 0.382 e. The number of anilines is 1. The van der Waals surface area contributed by atoms with E-state index in [1.165, 1.54) is 0 Å². The van der Waals surface area contributed by atoms with Gasteiger partial charge in [0, 0.05) is 25.6 Å². The van der Waals surface area contributed by atoms with E-state index < -0.39 is 17.5 Å². The molecule has 3 nitrogen and oxygen atoms in total. The molecule has 1 fully saturated rings. The van der Waals surface area contributed by atoms with Gasteiger partial charge in [0.15, 0.2) is 17.5 Å². The Kier molecular flexibility index (Phi) is 5.69. The third-order valence-corrected chi connectivity index (χ3v) is 4.11. The lowest BCUT2D eigenvalue weighted by molar-refractivity contribution is -0.134. The maximum Gasteiger partial charge on any atom is 0.224 e. The SMILES string of the molecule is CCC1CCCCN1C(=O)CCNc1ccc(F)c(F)c1F. The number of benzene rings is 1. The lowest BCUT2D eigenvalue weighted by atomic mass is 9.99. The Morgan fingerprint density at radius 1 is 1.27 bits per heavy atom. The molecule has 6 heteroatoms. The number of amides is 1. The van der Waals surface area contributed by atoms with Gasteiger partial charge in [-0.3, -0.25) is 4.79 Å². The highest BCUT2D eigenvalue weighted by atomic mass is 19.2. The molecular formula is C16H21F3N2O. The summed E-state index contributed by atoms with van der Waals surface area (Å²) in [5.41, 5.74) is -0.127. The average Bonchev–Trinajstić information content (AvgIpc) is 2.54. The predicted octanol–water partition coefficient (Wildman–Crippen LogP) is 3.70. The lowest BCUT2D eigenvalue weighted by Gasteiger charge is -2.35. The van der Waals surface area contributed by atoms with Crippen molar-refractivity contribution in [2.45, 2.75) is 45.1 Å². The molecule has 122 valence electrons. The zero-order chi connectivity index (χ0) is 16.1. The summed E-state index contributed by atoms with van der Waals surface area (Å²) in [5, 5.41) is 2.65. The Balaban J connectivity index is 1.88. The molecule has 0 aliphatic carbocycles. The Labute approximate surface area is 128 Å². The topological polar surface area (TPSA) is 32.3 Å². The smallest absolute Gasteiger partial charge is 0.224 e. The van der Waals surface area contributed by atoms with Crippen LogP contribution >= 0.6 is 0 Å². The molecule has 0 saturated carbocycles. The zero-order valence-electron chi connectivity index (χ0n) is 12.7. The van der Waals surface area contributed by atoms with Gasteiger partial charge in [-0.2, -0.15) is 0 Å². The molecule has 1 aromatic rings. The molecule has 0 radical (unpaired) electrons. The summed E-state index contributed by atoms with van der Waals surface area (Å²) in [6.07, 6.45) is 4.30. The molecule has 0 bridgehead atoms. The summed E-state index contributed by atoms with van der Waals surface area (Å²) in [6, 6.07) is 2.27. The number of nitrogens with one attached hydrogen (secondary N) is 1. The number of nitrogens with zero attached hydrogens (tertiary/aromatic N) is 1.